The molecule has 0 saturated carbocycles. The highest BCUT2D eigenvalue weighted by molar-refractivity contribution is 7.39. The molecule has 0 radical (unpaired) electrons. The van der Waals surface area contributed by atoms with Gasteiger partial charge in [-0.05, 0) is 29.3 Å². The Morgan fingerprint density at radius 1 is 0.652 bits per heavy atom. The number of hydrogen-bond acceptors (Lipinski definition) is 0. The fourth-order valence-corrected chi connectivity index (χ4v) is 4.96. The molecule has 3 rings (SSSR count). The molecule has 0 saturated heterocycles. The number of rotatable bonds is 6. The van der Waals surface area contributed by atoms with E-state index in [1.165, 1.54) is 22.9 Å². The highest BCUT2D eigenvalue weighted by Gasteiger charge is 2.33. The monoisotopic (exact) mass is 318 g/mol. The molecule has 3 aromatic carbocycles. The van der Waals surface area contributed by atoms with Gasteiger partial charge >= 0.3 is 0 Å². The summed E-state index contributed by atoms with van der Waals surface area (Å²) in [4.78, 5) is 0. The van der Waals surface area contributed by atoms with Crippen molar-refractivity contribution < 1.29 is 0 Å². The van der Waals surface area contributed by atoms with Crippen molar-refractivity contribution >= 4 is 8.58 Å². The Balaban J connectivity index is 2.14. The Morgan fingerprint density at radius 3 is 1.52 bits per heavy atom. The van der Waals surface area contributed by atoms with Crippen molar-refractivity contribution in [3.63, 3.8) is 0 Å². The first-order valence-corrected chi connectivity index (χ1v) is 9.46. The van der Waals surface area contributed by atoms with E-state index in [2.05, 4.69) is 97.9 Å². The summed E-state index contributed by atoms with van der Waals surface area (Å²) >= 11 is 0. The Labute approximate surface area is 141 Å². The quantitative estimate of drug-likeness (QED) is 0.498. The molecule has 0 aromatic heterocycles. The van der Waals surface area contributed by atoms with Crippen LogP contribution in [0.1, 0.15) is 23.6 Å². The Hall–Kier alpha value is -1.91. The molecule has 0 spiro atoms. The molecule has 0 aliphatic carbocycles. The summed E-state index contributed by atoms with van der Waals surface area (Å²) in [6.07, 6.45) is 2.24. The molecule has 0 amide bonds. The topological polar surface area (TPSA) is 0 Å². The van der Waals surface area contributed by atoms with Gasteiger partial charge in [0, 0.05) is 5.16 Å². The second-order valence-corrected chi connectivity index (χ2v) is 7.74. The molecule has 1 heteroatoms. The van der Waals surface area contributed by atoms with Crippen molar-refractivity contribution in [2.45, 2.75) is 18.5 Å². The third kappa shape index (κ3) is 3.54. The van der Waals surface area contributed by atoms with E-state index in [0.29, 0.717) is 0 Å². The molecule has 0 aliphatic rings. The predicted octanol–water partition coefficient (Wildman–Crippen LogP) is 5.87. The molecule has 0 N–H and O–H groups in total. The van der Waals surface area contributed by atoms with Crippen molar-refractivity contribution in [3.8, 4) is 0 Å². The van der Waals surface area contributed by atoms with Crippen molar-refractivity contribution in [3.05, 3.63) is 108 Å². The standard InChI is InChI=1S/C22H23P/c1-2-23-22(20-14-8-4-9-15-20,21-16-10-5-11-17-21)18-19-12-6-3-7-13-19/h3-17,23H,2,18H2,1H3. The van der Waals surface area contributed by atoms with Crippen LogP contribution in [-0.4, -0.2) is 6.16 Å². The molecular formula is C22H23P. The van der Waals surface area contributed by atoms with Gasteiger partial charge in [-0.15, -0.1) is 8.58 Å². The second kappa shape index (κ2) is 7.57. The van der Waals surface area contributed by atoms with E-state index >= 15 is 0 Å². The first-order chi connectivity index (χ1) is 11.3. The van der Waals surface area contributed by atoms with Crippen molar-refractivity contribution in [2.75, 3.05) is 6.16 Å². The fraction of sp³-hybridized carbons (Fsp3) is 0.182. The fourth-order valence-electron chi connectivity index (χ4n) is 3.29. The number of benzene rings is 3. The molecular weight excluding hydrogens is 295 g/mol. The summed E-state index contributed by atoms with van der Waals surface area (Å²) in [5, 5.41) is 0.0681. The molecule has 1 unspecified atom stereocenters. The van der Waals surface area contributed by atoms with Gasteiger partial charge in [0.05, 0.1) is 0 Å². The average Bonchev–Trinajstić information content (AvgIpc) is 2.64. The molecule has 0 heterocycles. The van der Waals surface area contributed by atoms with Crippen LogP contribution < -0.4 is 0 Å². The van der Waals surface area contributed by atoms with Crippen LogP contribution in [0.4, 0.5) is 0 Å². The Bertz CT molecular complexity index is 665. The molecule has 3 aromatic rings. The summed E-state index contributed by atoms with van der Waals surface area (Å²) in [6.45, 7) is 2.30. The maximum atomic E-state index is 2.30. The highest BCUT2D eigenvalue weighted by atomic mass is 31.1. The third-order valence-corrected chi connectivity index (χ3v) is 6.04. The van der Waals surface area contributed by atoms with Crippen molar-refractivity contribution in [1.29, 1.82) is 0 Å². The minimum Gasteiger partial charge on any atom is -0.106 e. The highest BCUT2D eigenvalue weighted by Crippen LogP contribution is 2.49. The summed E-state index contributed by atoms with van der Waals surface area (Å²) in [5.41, 5.74) is 4.26. The van der Waals surface area contributed by atoms with Crippen LogP contribution in [0.3, 0.4) is 0 Å². The van der Waals surface area contributed by atoms with Gasteiger partial charge in [-0.1, -0.05) is 97.9 Å². The van der Waals surface area contributed by atoms with Gasteiger partial charge < -0.3 is 0 Å². The summed E-state index contributed by atoms with van der Waals surface area (Å²) in [6, 6.07) is 32.9. The lowest BCUT2D eigenvalue weighted by atomic mass is 9.85. The molecule has 0 fully saturated rings. The van der Waals surface area contributed by atoms with Crippen LogP contribution in [0.25, 0.3) is 0 Å². The van der Waals surface area contributed by atoms with E-state index in [0.717, 1.165) is 15.0 Å². The van der Waals surface area contributed by atoms with Crippen LogP contribution >= 0.6 is 8.58 Å². The normalized spacial score (nSPS) is 11.9. The van der Waals surface area contributed by atoms with Crippen LogP contribution in [0.5, 0.6) is 0 Å². The molecule has 23 heavy (non-hydrogen) atoms. The minimum absolute atomic E-state index is 0.0681. The molecule has 1 atom stereocenters. The van der Waals surface area contributed by atoms with Crippen molar-refractivity contribution in [1.82, 2.24) is 0 Å². The van der Waals surface area contributed by atoms with Crippen LogP contribution in [0.2, 0.25) is 0 Å². The Kier molecular flexibility index (Phi) is 5.26. The number of hydrogen-bond donors (Lipinski definition) is 0. The maximum Gasteiger partial charge on any atom is 0.0412 e. The summed E-state index contributed by atoms with van der Waals surface area (Å²) in [7, 11) is 0.857. The lowest BCUT2D eigenvalue weighted by molar-refractivity contribution is 0.726. The molecule has 0 aliphatic heterocycles. The summed E-state index contributed by atoms with van der Waals surface area (Å²) < 4.78 is 0. The van der Waals surface area contributed by atoms with Gasteiger partial charge in [0.2, 0.25) is 0 Å². The molecule has 116 valence electrons. The zero-order chi connectivity index (χ0) is 16.0. The van der Waals surface area contributed by atoms with Crippen molar-refractivity contribution in [2.24, 2.45) is 0 Å². The average molecular weight is 318 g/mol. The van der Waals surface area contributed by atoms with Gasteiger partial charge in [0.15, 0.2) is 0 Å². The third-order valence-electron chi connectivity index (χ3n) is 4.32. The molecule has 0 nitrogen and oxygen atoms in total. The van der Waals surface area contributed by atoms with Gasteiger partial charge in [0.25, 0.3) is 0 Å². The van der Waals surface area contributed by atoms with Gasteiger partial charge in [0.1, 0.15) is 0 Å². The van der Waals surface area contributed by atoms with Gasteiger partial charge in [-0.25, -0.2) is 0 Å². The zero-order valence-electron chi connectivity index (χ0n) is 13.6. The van der Waals surface area contributed by atoms with E-state index in [4.69, 9.17) is 0 Å². The van der Waals surface area contributed by atoms with E-state index < -0.39 is 0 Å². The van der Waals surface area contributed by atoms with Gasteiger partial charge in [-0.3, -0.25) is 0 Å². The minimum atomic E-state index is 0.0681. The van der Waals surface area contributed by atoms with Gasteiger partial charge in [-0.2, -0.15) is 0 Å². The zero-order valence-corrected chi connectivity index (χ0v) is 14.6. The lowest BCUT2D eigenvalue weighted by Crippen LogP contribution is -2.25. The maximum absolute atomic E-state index is 2.30. The smallest absolute Gasteiger partial charge is 0.0412 e. The van der Waals surface area contributed by atoms with Crippen LogP contribution in [0.15, 0.2) is 91.0 Å². The van der Waals surface area contributed by atoms with Crippen LogP contribution in [0, 0.1) is 0 Å². The van der Waals surface area contributed by atoms with E-state index in [-0.39, 0.29) is 5.16 Å². The predicted molar refractivity (Wildman–Crippen MR) is 103 cm³/mol. The first kappa shape index (κ1) is 16.0. The SMILES string of the molecule is CCPC(Cc1ccccc1)(c1ccccc1)c1ccccc1. The Morgan fingerprint density at radius 2 is 1.09 bits per heavy atom. The lowest BCUT2D eigenvalue weighted by Gasteiger charge is -2.35. The largest absolute Gasteiger partial charge is 0.106 e. The van der Waals surface area contributed by atoms with Crippen LogP contribution in [-0.2, 0) is 11.6 Å². The van der Waals surface area contributed by atoms with E-state index in [9.17, 15) is 0 Å². The molecule has 0 bridgehead atoms. The summed E-state index contributed by atoms with van der Waals surface area (Å²) in [5.74, 6) is 0. The van der Waals surface area contributed by atoms with E-state index in [1.54, 1.807) is 0 Å². The first-order valence-electron chi connectivity index (χ1n) is 8.25. The second-order valence-electron chi connectivity index (χ2n) is 5.83. The van der Waals surface area contributed by atoms with E-state index in [1.807, 2.05) is 0 Å².